The molecule has 0 spiro atoms. The lowest BCUT2D eigenvalue weighted by Crippen LogP contribution is -2.40. The van der Waals surface area contributed by atoms with Gasteiger partial charge in [-0.1, -0.05) is 18.2 Å². The van der Waals surface area contributed by atoms with Crippen molar-refractivity contribution in [3.05, 3.63) is 64.2 Å². The van der Waals surface area contributed by atoms with Gasteiger partial charge >= 0.3 is 12.1 Å². The van der Waals surface area contributed by atoms with Gasteiger partial charge in [0, 0.05) is 6.54 Å². The zero-order chi connectivity index (χ0) is 23.3. The monoisotopic (exact) mass is 441 g/mol. The van der Waals surface area contributed by atoms with E-state index in [4.69, 9.17) is 18.9 Å². The first-order chi connectivity index (χ1) is 15.2. The molecule has 172 valence electrons. The van der Waals surface area contributed by atoms with Gasteiger partial charge in [0.1, 0.15) is 11.4 Å². The van der Waals surface area contributed by atoms with Crippen LogP contribution in [0.4, 0.5) is 4.79 Å². The first-order valence-electron chi connectivity index (χ1n) is 10.6. The summed E-state index contributed by atoms with van der Waals surface area (Å²) in [6.45, 7) is 7.14. The van der Waals surface area contributed by atoms with Crippen LogP contribution in [0.25, 0.3) is 0 Å². The second-order valence-corrected chi connectivity index (χ2v) is 8.77. The fourth-order valence-electron chi connectivity index (χ4n) is 3.60. The Labute approximate surface area is 189 Å². The predicted octanol–water partition coefficient (Wildman–Crippen LogP) is 4.49. The van der Waals surface area contributed by atoms with Crippen LogP contribution in [0.3, 0.4) is 0 Å². The summed E-state index contributed by atoms with van der Waals surface area (Å²) >= 11 is 0. The van der Waals surface area contributed by atoms with Crippen LogP contribution in [-0.4, -0.2) is 43.3 Å². The minimum Gasteiger partial charge on any atom is -0.497 e. The Balaban J connectivity index is 1.73. The summed E-state index contributed by atoms with van der Waals surface area (Å²) in [4.78, 5) is 26.6. The molecule has 7 nitrogen and oxygen atoms in total. The molecule has 1 aliphatic rings. The van der Waals surface area contributed by atoms with E-state index in [2.05, 4.69) is 0 Å². The molecule has 2 aromatic carbocycles. The minimum absolute atomic E-state index is 0.307. The number of benzene rings is 2. The number of carbonyl (C=O) groups is 2. The molecule has 0 fully saturated rings. The first-order valence-corrected chi connectivity index (χ1v) is 10.6. The number of fused-ring (bicyclic) bond motifs is 1. The molecule has 32 heavy (non-hydrogen) atoms. The Morgan fingerprint density at radius 3 is 2.31 bits per heavy atom. The molecule has 3 rings (SSSR count). The van der Waals surface area contributed by atoms with E-state index in [1.54, 1.807) is 18.1 Å². The van der Waals surface area contributed by atoms with Gasteiger partial charge in [0.15, 0.2) is 0 Å². The molecule has 7 heteroatoms. The van der Waals surface area contributed by atoms with Crippen LogP contribution < -0.4 is 4.74 Å². The highest BCUT2D eigenvalue weighted by molar-refractivity contribution is 5.92. The zero-order valence-corrected chi connectivity index (χ0v) is 19.4. The molecule has 0 aliphatic carbocycles. The van der Waals surface area contributed by atoms with Gasteiger partial charge in [-0.2, -0.15) is 0 Å². The van der Waals surface area contributed by atoms with Gasteiger partial charge in [-0.15, -0.1) is 0 Å². The van der Waals surface area contributed by atoms with E-state index in [0.29, 0.717) is 38.3 Å². The van der Waals surface area contributed by atoms with Crippen molar-refractivity contribution in [2.24, 2.45) is 0 Å². The molecule has 2 aromatic rings. The van der Waals surface area contributed by atoms with Crippen molar-refractivity contribution in [1.82, 2.24) is 4.90 Å². The average molecular weight is 442 g/mol. The van der Waals surface area contributed by atoms with Crippen molar-refractivity contribution < 1.29 is 28.5 Å². The molecular weight excluding hydrogens is 410 g/mol. The standard InChI is InChI=1S/C25H31NO6/c1-25(2,3)32-24(28)26-11-10-19-12-18(13-21(22(19)14-26)23(27)30-5)16-31-15-17-6-8-20(29-4)9-7-17/h6-9,12-13H,10-11,14-16H2,1-5H3. The van der Waals surface area contributed by atoms with Crippen LogP contribution in [0.5, 0.6) is 5.75 Å². The van der Waals surface area contributed by atoms with Gasteiger partial charge in [0.05, 0.1) is 39.5 Å². The highest BCUT2D eigenvalue weighted by Crippen LogP contribution is 2.27. The van der Waals surface area contributed by atoms with Crippen LogP contribution in [0.15, 0.2) is 36.4 Å². The molecule has 0 bridgehead atoms. The second-order valence-electron chi connectivity index (χ2n) is 8.77. The molecule has 0 saturated carbocycles. The number of esters is 1. The summed E-state index contributed by atoms with van der Waals surface area (Å²) in [6.07, 6.45) is 0.246. The van der Waals surface area contributed by atoms with Crippen LogP contribution in [0.1, 0.15) is 53.4 Å². The smallest absolute Gasteiger partial charge is 0.410 e. The summed E-state index contributed by atoms with van der Waals surface area (Å²) in [6, 6.07) is 11.5. The minimum atomic E-state index is -0.576. The molecule has 0 atom stereocenters. The lowest BCUT2D eigenvalue weighted by molar-refractivity contribution is 0.0220. The molecule has 0 saturated heterocycles. The molecular formula is C25H31NO6. The number of hydrogen-bond acceptors (Lipinski definition) is 6. The number of hydrogen-bond donors (Lipinski definition) is 0. The fourth-order valence-corrected chi connectivity index (χ4v) is 3.60. The fraction of sp³-hybridized carbons (Fsp3) is 0.440. The van der Waals surface area contributed by atoms with Crippen LogP contribution in [-0.2, 0) is 40.4 Å². The average Bonchev–Trinajstić information content (AvgIpc) is 2.77. The Kier molecular flexibility index (Phi) is 7.40. The van der Waals surface area contributed by atoms with E-state index in [1.807, 2.05) is 51.1 Å². The van der Waals surface area contributed by atoms with Crippen LogP contribution >= 0.6 is 0 Å². The number of methoxy groups -OCH3 is 2. The third-order valence-corrected chi connectivity index (χ3v) is 5.16. The Morgan fingerprint density at radius 1 is 1.00 bits per heavy atom. The topological polar surface area (TPSA) is 74.3 Å². The molecule has 0 N–H and O–H groups in total. The summed E-state index contributed by atoms with van der Waals surface area (Å²) in [5.74, 6) is 0.371. The van der Waals surface area contributed by atoms with Crippen molar-refractivity contribution in [3.63, 3.8) is 0 Å². The maximum Gasteiger partial charge on any atom is 0.410 e. The molecule has 0 radical (unpaired) electrons. The van der Waals surface area contributed by atoms with Gasteiger partial charge < -0.3 is 23.8 Å². The van der Waals surface area contributed by atoms with Gasteiger partial charge in [-0.05, 0) is 67.6 Å². The quantitative estimate of drug-likeness (QED) is 0.615. The van der Waals surface area contributed by atoms with Gasteiger partial charge in [0.2, 0.25) is 0 Å². The highest BCUT2D eigenvalue weighted by atomic mass is 16.6. The zero-order valence-electron chi connectivity index (χ0n) is 19.4. The Bertz CT molecular complexity index is 962. The number of amides is 1. The van der Waals surface area contributed by atoms with Crippen molar-refractivity contribution in [1.29, 1.82) is 0 Å². The largest absolute Gasteiger partial charge is 0.497 e. The molecule has 1 aliphatic heterocycles. The normalized spacial score (nSPS) is 13.3. The maximum atomic E-state index is 12.5. The molecule has 0 aromatic heterocycles. The van der Waals surface area contributed by atoms with Crippen molar-refractivity contribution in [3.8, 4) is 5.75 Å². The van der Waals surface area contributed by atoms with E-state index < -0.39 is 11.6 Å². The van der Waals surface area contributed by atoms with Gasteiger partial charge in [-0.25, -0.2) is 9.59 Å². The van der Waals surface area contributed by atoms with Gasteiger partial charge in [0.25, 0.3) is 0 Å². The first kappa shape index (κ1) is 23.6. The lowest BCUT2D eigenvalue weighted by atomic mass is 9.92. The summed E-state index contributed by atoms with van der Waals surface area (Å²) in [7, 11) is 2.99. The second kappa shape index (κ2) is 10.0. The van der Waals surface area contributed by atoms with E-state index in [-0.39, 0.29) is 6.09 Å². The van der Waals surface area contributed by atoms with Crippen molar-refractivity contribution in [2.45, 2.75) is 52.6 Å². The van der Waals surface area contributed by atoms with E-state index >= 15 is 0 Å². The lowest BCUT2D eigenvalue weighted by Gasteiger charge is -2.32. The Morgan fingerprint density at radius 2 is 1.69 bits per heavy atom. The van der Waals surface area contributed by atoms with Crippen LogP contribution in [0, 0.1) is 0 Å². The third kappa shape index (κ3) is 6.01. The molecule has 1 amide bonds. The highest BCUT2D eigenvalue weighted by Gasteiger charge is 2.29. The molecule has 0 unspecified atom stereocenters. The van der Waals surface area contributed by atoms with E-state index in [0.717, 1.165) is 28.0 Å². The number of carbonyl (C=O) groups excluding carboxylic acids is 2. The third-order valence-electron chi connectivity index (χ3n) is 5.16. The summed E-state index contributed by atoms with van der Waals surface area (Å²) in [5, 5.41) is 0. The van der Waals surface area contributed by atoms with E-state index in [9.17, 15) is 9.59 Å². The summed E-state index contributed by atoms with van der Waals surface area (Å²) in [5.41, 5.74) is 3.63. The Hall–Kier alpha value is -3.06. The predicted molar refractivity (Wildman–Crippen MR) is 120 cm³/mol. The van der Waals surface area contributed by atoms with Crippen LogP contribution in [0.2, 0.25) is 0 Å². The number of nitrogens with zero attached hydrogens (tertiary/aromatic N) is 1. The number of ether oxygens (including phenoxy) is 4. The number of rotatable bonds is 6. The summed E-state index contributed by atoms with van der Waals surface area (Å²) < 4.78 is 21.5. The van der Waals surface area contributed by atoms with E-state index in [1.165, 1.54) is 7.11 Å². The maximum absolute atomic E-state index is 12.5. The molecule has 1 heterocycles. The van der Waals surface area contributed by atoms with Crippen molar-refractivity contribution in [2.75, 3.05) is 20.8 Å². The van der Waals surface area contributed by atoms with Gasteiger partial charge in [-0.3, -0.25) is 0 Å². The SMILES string of the molecule is COC(=O)c1cc(COCc2ccc(OC)cc2)cc2c1CN(C(=O)OC(C)(C)C)CC2. The van der Waals surface area contributed by atoms with Crippen molar-refractivity contribution >= 4 is 12.1 Å².